The van der Waals surface area contributed by atoms with Gasteiger partial charge in [-0.25, -0.2) is 21.6 Å². The standard InChI is InChI=1S/C6H2Cl2F3NO2S/c7-3-4(6(10)11)12-1-2(9)5(3)15(8,13)14/h1,6H. The zero-order valence-electron chi connectivity index (χ0n) is 6.72. The summed E-state index contributed by atoms with van der Waals surface area (Å²) in [5.74, 6) is -1.38. The molecule has 0 saturated heterocycles. The molecule has 3 nitrogen and oxygen atoms in total. The van der Waals surface area contributed by atoms with Gasteiger partial charge in [0, 0.05) is 10.7 Å². The summed E-state index contributed by atoms with van der Waals surface area (Å²) in [6, 6.07) is 0. The summed E-state index contributed by atoms with van der Waals surface area (Å²) in [6.07, 6.45) is -2.79. The summed E-state index contributed by atoms with van der Waals surface area (Å²) in [4.78, 5) is 1.79. The third-order valence-corrected chi connectivity index (χ3v) is 3.25. The number of nitrogens with zero attached hydrogens (tertiary/aromatic N) is 1. The van der Waals surface area contributed by atoms with Gasteiger partial charge in [-0.05, 0) is 0 Å². The first-order valence-electron chi connectivity index (χ1n) is 3.32. The summed E-state index contributed by atoms with van der Waals surface area (Å²) in [7, 11) is 0.293. The maximum Gasteiger partial charge on any atom is 0.281 e. The topological polar surface area (TPSA) is 47.0 Å². The second-order valence-electron chi connectivity index (χ2n) is 2.37. The van der Waals surface area contributed by atoms with Gasteiger partial charge in [0.25, 0.3) is 15.5 Å². The van der Waals surface area contributed by atoms with E-state index in [1.54, 1.807) is 0 Å². The highest BCUT2D eigenvalue weighted by molar-refractivity contribution is 8.13. The van der Waals surface area contributed by atoms with E-state index in [0.29, 0.717) is 6.20 Å². The summed E-state index contributed by atoms with van der Waals surface area (Å²) < 4.78 is 59.0. The number of halogens is 5. The third kappa shape index (κ3) is 2.53. The monoisotopic (exact) mass is 279 g/mol. The van der Waals surface area contributed by atoms with Crippen molar-refractivity contribution in [1.82, 2.24) is 4.98 Å². The fourth-order valence-corrected chi connectivity index (χ4v) is 2.54. The van der Waals surface area contributed by atoms with Crippen LogP contribution < -0.4 is 0 Å². The van der Waals surface area contributed by atoms with Crippen molar-refractivity contribution < 1.29 is 21.6 Å². The van der Waals surface area contributed by atoms with Gasteiger partial charge in [0.15, 0.2) is 5.82 Å². The molecule has 0 amide bonds. The molecule has 1 rings (SSSR count). The maximum absolute atomic E-state index is 12.9. The van der Waals surface area contributed by atoms with Crippen LogP contribution in [0.4, 0.5) is 13.2 Å². The summed E-state index contributed by atoms with van der Waals surface area (Å²) in [5.41, 5.74) is -1.03. The van der Waals surface area contributed by atoms with E-state index in [4.69, 9.17) is 22.3 Å². The lowest BCUT2D eigenvalue weighted by molar-refractivity contribution is 0.145. The number of rotatable bonds is 2. The Hall–Kier alpha value is -0.530. The molecule has 0 aromatic carbocycles. The van der Waals surface area contributed by atoms with Crippen LogP contribution in [0.1, 0.15) is 12.1 Å². The fraction of sp³-hybridized carbons (Fsp3) is 0.167. The number of hydrogen-bond donors (Lipinski definition) is 0. The van der Waals surface area contributed by atoms with Crippen LogP contribution in [0.3, 0.4) is 0 Å². The molecule has 0 aliphatic carbocycles. The molecule has 0 bridgehead atoms. The van der Waals surface area contributed by atoms with Crippen molar-refractivity contribution in [3.05, 3.63) is 22.7 Å². The first-order valence-corrected chi connectivity index (χ1v) is 6.00. The SMILES string of the molecule is O=S(=O)(Cl)c1c(F)cnc(C(F)F)c1Cl. The summed E-state index contributed by atoms with van der Waals surface area (Å²) >= 11 is 5.25. The van der Waals surface area contributed by atoms with Crippen LogP contribution in [0.25, 0.3) is 0 Å². The highest BCUT2D eigenvalue weighted by atomic mass is 35.7. The van der Waals surface area contributed by atoms with E-state index in [2.05, 4.69) is 4.98 Å². The Morgan fingerprint density at radius 2 is 1.93 bits per heavy atom. The van der Waals surface area contributed by atoms with Gasteiger partial charge >= 0.3 is 0 Å². The van der Waals surface area contributed by atoms with E-state index in [1.165, 1.54) is 0 Å². The van der Waals surface area contributed by atoms with E-state index in [0.717, 1.165) is 0 Å². The van der Waals surface area contributed by atoms with Gasteiger partial charge < -0.3 is 0 Å². The Bertz CT molecular complexity index is 491. The highest BCUT2D eigenvalue weighted by Gasteiger charge is 2.27. The largest absolute Gasteiger partial charge is 0.281 e. The molecule has 84 valence electrons. The molecule has 0 N–H and O–H groups in total. The minimum absolute atomic E-state index is 0.322. The quantitative estimate of drug-likeness (QED) is 0.782. The number of alkyl halides is 2. The second-order valence-corrected chi connectivity index (χ2v) is 5.25. The van der Waals surface area contributed by atoms with Crippen molar-refractivity contribution in [3.8, 4) is 0 Å². The van der Waals surface area contributed by atoms with Crippen molar-refractivity contribution in [2.24, 2.45) is 0 Å². The zero-order valence-corrected chi connectivity index (χ0v) is 9.04. The molecule has 1 heterocycles. The Balaban J connectivity index is 3.59. The smallest absolute Gasteiger partial charge is 0.251 e. The van der Waals surface area contributed by atoms with E-state index in [1.807, 2.05) is 0 Å². The van der Waals surface area contributed by atoms with Gasteiger partial charge in [-0.2, -0.15) is 0 Å². The maximum atomic E-state index is 12.9. The van der Waals surface area contributed by atoms with Crippen LogP contribution in [0.2, 0.25) is 5.02 Å². The molecule has 9 heteroatoms. The van der Waals surface area contributed by atoms with E-state index in [-0.39, 0.29) is 0 Å². The Kier molecular flexibility index (Phi) is 3.47. The number of hydrogen-bond acceptors (Lipinski definition) is 3. The lowest BCUT2D eigenvalue weighted by Crippen LogP contribution is -2.02. The summed E-state index contributed by atoms with van der Waals surface area (Å²) in [6.45, 7) is 0. The molecule has 0 aliphatic heterocycles. The molecule has 1 aromatic rings. The van der Waals surface area contributed by atoms with E-state index < -0.39 is 36.9 Å². The first-order chi connectivity index (χ1) is 6.75. The van der Waals surface area contributed by atoms with Crippen LogP contribution in [0, 0.1) is 5.82 Å². The number of pyridine rings is 1. The molecule has 0 aliphatic rings. The van der Waals surface area contributed by atoms with E-state index in [9.17, 15) is 21.6 Å². The molecule has 1 aromatic heterocycles. The molecular weight excluding hydrogens is 278 g/mol. The normalized spacial score (nSPS) is 12.1. The molecule has 0 fully saturated rings. The minimum Gasteiger partial charge on any atom is -0.251 e. The third-order valence-electron chi connectivity index (χ3n) is 1.41. The lowest BCUT2D eigenvalue weighted by Gasteiger charge is -2.06. The average Bonchev–Trinajstić information content (AvgIpc) is 2.00. The Morgan fingerprint density at radius 1 is 1.40 bits per heavy atom. The van der Waals surface area contributed by atoms with Gasteiger partial charge in [-0.15, -0.1) is 0 Å². The predicted molar refractivity (Wildman–Crippen MR) is 47.2 cm³/mol. The van der Waals surface area contributed by atoms with Gasteiger partial charge in [-0.1, -0.05) is 11.6 Å². The van der Waals surface area contributed by atoms with Crippen LogP contribution >= 0.6 is 22.3 Å². The fourth-order valence-electron chi connectivity index (χ4n) is 0.838. The van der Waals surface area contributed by atoms with Crippen molar-refractivity contribution in [1.29, 1.82) is 0 Å². The summed E-state index contributed by atoms with van der Waals surface area (Å²) in [5, 5.41) is -1.000. The van der Waals surface area contributed by atoms with Gasteiger partial charge in [0.05, 0.1) is 11.2 Å². The zero-order chi connectivity index (χ0) is 11.8. The van der Waals surface area contributed by atoms with Crippen molar-refractivity contribution in [3.63, 3.8) is 0 Å². The van der Waals surface area contributed by atoms with Crippen LogP contribution in [0.5, 0.6) is 0 Å². The van der Waals surface area contributed by atoms with Gasteiger partial charge in [-0.3, -0.25) is 4.98 Å². The predicted octanol–water partition coefficient (Wildman–Crippen LogP) is 2.74. The van der Waals surface area contributed by atoms with Crippen molar-refractivity contribution >= 4 is 31.3 Å². The second kappa shape index (κ2) is 4.15. The van der Waals surface area contributed by atoms with Crippen molar-refractivity contribution in [2.75, 3.05) is 0 Å². The Morgan fingerprint density at radius 3 is 2.33 bits per heavy atom. The first kappa shape index (κ1) is 12.5. The lowest BCUT2D eigenvalue weighted by atomic mass is 10.3. The van der Waals surface area contributed by atoms with Gasteiger partial charge in [0.2, 0.25) is 0 Å². The molecule has 0 radical (unpaired) electrons. The molecule has 0 atom stereocenters. The van der Waals surface area contributed by atoms with Crippen molar-refractivity contribution in [2.45, 2.75) is 11.3 Å². The molecule has 15 heavy (non-hydrogen) atoms. The van der Waals surface area contributed by atoms with E-state index >= 15 is 0 Å². The molecule has 0 spiro atoms. The highest BCUT2D eigenvalue weighted by Crippen LogP contribution is 2.33. The van der Waals surface area contributed by atoms with Gasteiger partial charge in [0.1, 0.15) is 10.6 Å². The molecular formula is C6H2Cl2F3NO2S. The molecule has 0 saturated carbocycles. The van der Waals surface area contributed by atoms with Crippen LogP contribution in [-0.2, 0) is 9.05 Å². The number of aromatic nitrogens is 1. The van der Waals surface area contributed by atoms with Crippen LogP contribution in [-0.4, -0.2) is 13.4 Å². The minimum atomic E-state index is -4.53. The molecule has 0 unspecified atom stereocenters. The average molecular weight is 280 g/mol. The Labute approximate surface area is 92.2 Å². The van der Waals surface area contributed by atoms with Crippen LogP contribution in [0.15, 0.2) is 11.1 Å².